The molecule has 2 aromatic carbocycles. The van der Waals surface area contributed by atoms with Gasteiger partial charge in [-0.25, -0.2) is 9.18 Å². The molecule has 2 amide bonds. The van der Waals surface area contributed by atoms with Crippen molar-refractivity contribution in [2.75, 3.05) is 39.8 Å². The molecule has 2 aromatic rings. The second kappa shape index (κ2) is 13.5. The van der Waals surface area contributed by atoms with Crippen LogP contribution in [0.3, 0.4) is 0 Å². The number of rotatable bonds is 5. The van der Waals surface area contributed by atoms with Crippen LogP contribution >= 0.6 is 0 Å². The van der Waals surface area contributed by atoms with E-state index >= 15 is 0 Å². The number of hydrogen-bond acceptors (Lipinski definition) is 3. The van der Waals surface area contributed by atoms with Crippen LogP contribution in [0.4, 0.5) is 35.5 Å². The summed E-state index contributed by atoms with van der Waals surface area (Å²) in [7, 11) is 1.38. The quantitative estimate of drug-likeness (QED) is 0.311. The second-order valence-corrected chi connectivity index (χ2v) is 12.8. The summed E-state index contributed by atoms with van der Waals surface area (Å²) in [6.45, 7) is 5.91. The Balaban J connectivity index is 1.33. The SMILES string of the molecule is Cc1cc(F)ccc1[C@@H]1C[C@@H](N2CCC(N3CCCCC3)CC2)CCN1C(=O)N(C)Cc1cc(C(F)(F)F)cc(C(F)(F)F)c1. The highest BCUT2D eigenvalue weighted by atomic mass is 19.4. The van der Waals surface area contributed by atoms with Crippen LogP contribution in [-0.2, 0) is 18.9 Å². The molecule has 3 aliphatic rings. The van der Waals surface area contributed by atoms with E-state index in [0.29, 0.717) is 43.1 Å². The van der Waals surface area contributed by atoms with Crippen LogP contribution in [0.25, 0.3) is 0 Å². The molecule has 2 atom stereocenters. The highest BCUT2D eigenvalue weighted by Gasteiger charge is 2.40. The molecule has 248 valence electrons. The van der Waals surface area contributed by atoms with Gasteiger partial charge < -0.3 is 19.6 Å². The highest BCUT2D eigenvalue weighted by Crippen LogP contribution is 2.39. The number of carbonyl (C=O) groups is 1. The van der Waals surface area contributed by atoms with Gasteiger partial charge in [-0.05, 0) is 119 Å². The summed E-state index contributed by atoms with van der Waals surface area (Å²) in [5.74, 6) is -0.400. The molecule has 0 unspecified atom stereocenters. The lowest BCUT2D eigenvalue weighted by atomic mass is 9.87. The maximum absolute atomic E-state index is 14.1. The zero-order valence-corrected chi connectivity index (χ0v) is 25.7. The molecule has 0 radical (unpaired) electrons. The van der Waals surface area contributed by atoms with Crippen LogP contribution in [0.1, 0.15) is 78.8 Å². The summed E-state index contributed by atoms with van der Waals surface area (Å²) >= 11 is 0. The third-order valence-corrected chi connectivity index (χ3v) is 9.73. The Hall–Kier alpha value is -2.86. The third kappa shape index (κ3) is 7.93. The minimum Gasteiger partial charge on any atom is -0.323 e. The Morgan fingerprint density at radius 3 is 1.96 bits per heavy atom. The van der Waals surface area contributed by atoms with Gasteiger partial charge in [0.1, 0.15) is 5.82 Å². The van der Waals surface area contributed by atoms with Gasteiger partial charge in [-0.1, -0.05) is 12.5 Å². The zero-order valence-electron chi connectivity index (χ0n) is 25.7. The van der Waals surface area contributed by atoms with Gasteiger partial charge >= 0.3 is 18.4 Å². The van der Waals surface area contributed by atoms with Gasteiger partial charge in [0.2, 0.25) is 0 Å². The Bertz CT molecular complexity index is 1300. The van der Waals surface area contributed by atoms with E-state index in [0.717, 1.165) is 49.5 Å². The van der Waals surface area contributed by atoms with E-state index in [1.807, 2.05) is 0 Å². The summed E-state index contributed by atoms with van der Waals surface area (Å²) in [5, 5.41) is 0. The first kappa shape index (κ1) is 33.5. The molecule has 45 heavy (non-hydrogen) atoms. The highest BCUT2D eigenvalue weighted by molar-refractivity contribution is 5.75. The van der Waals surface area contributed by atoms with Crippen LogP contribution in [0.15, 0.2) is 36.4 Å². The topological polar surface area (TPSA) is 30.0 Å². The minimum atomic E-state index is -4.98. The molecule has 0 spiro atoms. The first-order valence-electron chi connectivity index (χ1n) is 15.7. The molecule has 5 rings (SSSR count). The molecule has 0 N–H and O–H groups in total. The summed E-state index contributed by atoms with van der Waals surface area (Å²) in [6, 6.07) is 5.67. The second-order valence-electron chi connectivity index (χ2n) is 12.8. The van der Waals surface area contributed by atoms with Crippen LogP contribution in [0.2, 0.25) is 0 Å². The van der Waals surface area contributed by atoms with Crippen molar-refractivity contribution in [1.29, 1.82) is 0 Å². The maximum Gasteiger partial charge on any atom is 0.416 e. The van der Waals surface area contributed by atoms with Gasteiger partial charge in [-0.15, -0.1) is 0 Å². The number of hydrogen-bond donors (Lipinski definition) is 0. The van der Waals surface area contributed by atoms with Crippen LogP contribution in [-0.4, -0.2) is 77.5 Å². The Labute approximate surface area is 259 Å². The number of benzene rings is 2. The van der Waals surface area contributed by atoms with Gasteiger partial charge in [0, 0.05) is 32.2 Å². The Morgan fingerprint density at radius 2 is 1.38 bits per heavy atom. The number of nitrogens with zero attached hydrogens (tertiary/aromatic N) is 4. The molecule has 0 aromatic heterocycles. The smallest absolute Gasteiger partial charge is 0.323 e. The number of piperidine rings is 3. The van der Waals surface area contributed by atoms with Gasteiger partial charge in [-0.3, -0.25) is 0 Å². The summed E-state index contributed by atoms with van der Waals surface area (Å²) in [4.78, 5) is 21.7. The van der Waals surface area contributed by atoms with E-state index in [-0.39, 0.29) is 17.7 Å². The average Bonchev–Trinajstić information content (AvgIpc) is 3.00. The molecule has 0 aliphatic carbocycles. The number of carbonyl (C=O) groups excluding carboxylic acids is 1. The lowest BCUT2D eigenvalue weighted by molar-refractivity contribution is -0.143. The van der Waals surface area contributed by atoms with Crippen molar-refractivity contribution in [2.45, 2.75) is 88.9 Å². The molecule has 3 saturated heterocycles. The van der Waals surface area contributed by atoms with E-state index in [4.69, 9.17) is 0 Å². The predicted octanol–water partition coefficient (Wildman–Crippen LogP) is 7.88. The monoisotopic (exact) mass is 642 g/mol. The molecular weight excluding hydrogens is 601 g/mol. The van der Waals surface area contributed by atoms with Crippen LogP contribution in [0, 0.1) is 12.7 Å². The molecule has 3 fully saturated rings. The maximum atomic E-state index is 14.1. The van der Waals surface area contributed by atoms with Gasteiger partial charge in [-0.2, -0.15) is 26.3 Å². The molecule has 5 nitrogen and oxygen atoms in total. The van der Waals surface area contributed by atoms with Gasteiger partial charge in [0.25, 0.3) is 0 Å². The van der Waals surface area contributed by atoms with Gasteiger partial charge in [0.05, 0.1) is 17.2 Å². The lowest BCUT2D eigenvalue weighted by Gasteiger charge is -2.48. The number of halogens is 7. The zero-order chi connectivity index (χ0) is 32.5. The Morgan fingerprint density at radius 1 is 0.800 bits per heavy atom. The van der Waals surface area contributed by atoms with Crippen molar-refractivity contribution in [3.8, 4) is 0 Å². The molecule has 12 heteroatoms. The standard InChI is InChI=1S/C33H41F7N4O/c1-22-16-26(34)6-7-29(22)30-20-28(43-13-8-27(9-14-43)42-11-4-3-5-12-42)10-15-44(30)31(45)41(2)21-23-17-24(32(35,36)37)19-25(18-23)33(38,39)40/h6-7,16-19,27-28,30H,3-5,8-15,20-21H2,1-2H3/t28-,30-/m0/s1. The van der Waals surface area contributed by atoms with Crippen molar-refractivity contribution >= 4 is 6.03 Å². The number of likely N-dealkylation sites (tertiary alicyclic amines) is 3. The van der Waals surface area contributed by atoms with E-state index < -0.39 is 47.9 Å². The van der Waals surface area contributed by atoms with E-state index in [2.05, 4.69) is 9.80 Å². The average molecular weight is 643 g/mol. The first-order chi connectivity index (χ1) is 21.2. The predicted molar refractivity (Wildman–Crippen MR) is 157 cm³/mol. The Kier molecular flexibility index (Phi) is 10.0. The normalized spacial score (nSPS) is 22.9. The summed E-state index contributed by atoms with van der Waals surface area (Å²) in [6.07, 6.45) is -2.72. The number of aryl methyl sites for hydroxylation is 1. The number of alkyl halides is 6. The third-order valence-electron chi connectivity index (χ3n) is 9.73. The lowest BCUT2D eigenvalue weighted by Crippen LogP contribution is -2.54. The van der Waals surface area contributed by atoms with Crippen LogP contribution < -0.4 is 0 Å². The number of urea groups is 1. The van der Waals surface area contributed by atoms with Crippen molar-refractivity contribution in [1.82, 2.24) is 19.6 Å². The fourth-order valence-corrected chi connectivity index (χ4v) is 7.39. The fraction of sp³-hybridized carbons (Fsp3) is 0.606. The van der Waals surface area contributed by atoms with Crippen LogP contribution in [0.5, 0.6) is 0 Å². The summed E-state index contributed by atoms with van der Waals surface area (Å²) < 4.78 is 94.7. The molecule has 3 heterocycles. The molecule has 0 saturated carbocycles. The fourth-order valence-electron chi connectivity index (χ4n) is 7.39. The van der Waals surface area contributed by atoms with Crippen molar-refractivity contribution in [3.63, 3.8) is 0 Å². The van der Waals surface area contributed by atoms with E-state index in [1.165, 1.54) is 38.4 Å². The van der Waals surface area contributed by atoms with E-state index in [9.17, 15) is 35.5 Å². The summed E-state index contributed by atoms with van der Waals surface area (Å²) in [5.41, 5.74) is -1.65. The molecular formula is C33H41F7N4O. The van der Waals surface area contributed by atoms with Crippen molar-refractivity contribution in [2.24, 2.45) is 0 Å². The largest absolute Gasteiger partial charge is 0.416 e. The minimum absolute atomic E-state index is 0.0821. The van der Waals surface area contributed by atoms with Crippen molar-refractivity contribution in [3.05, 3.63) is 70.0 Å². The first-order valence-corrected chi connectivity index (χ1v) is 15.7. The number of amides is 2. The molecule has 3 aliphatic heterocycles. The van der Waals surface area contributed by atoms with Crippen molar-refractivity contribution < 1.29 is 35.5 Å². The van der Waals surface area contributed by atoms with Gasteiger partial charge in [0.15, 0.2) is 0 Å². The van der Waals surface area contributed by atoms with E-state index in [1.54, 1.807) is 17.9 Å². The molecule has 0 bridgehead atoms.